The molecule has 12 N–H and O–H groups in total. The van der Waals surface area contributed by atoms with Gasteiger partial charge in [-0.1, -0.05) is 45.0 Å². The van der Waals surface area contributed by atoms with Gasteiger partial charge in [-0.3, -0.25) is 19.3 Å². The monoisotopic (exact) mass is 2230 g/mol. The van der Waals surface area contributed by atoms with Crippen molar-refractivity contribution in [3.63, 3.8) is 0 Å². The van der Waals surface area contributed by atoms with Crippen LogP contribution in [0.3, 0.4) is 0 Å². The summed E-state index contributed by atoms with van der Waals surface area (Å²) in [5, 5.41) is 30.2. The van der Waals surface area contributed by atoms with Gasteiger partial charge in [-0.05, 0) is 296 Å². The zero-order valence-electron chi connectivity index (χ0n) is 76.5. The van der Waals surface area contributed by atoms with E-state index in [-0.39, 0.29) is 124 Å². The molecule has 9 aromatic rings. The van der Waals surface area contributed by atoms with Crippen LogP contribution in [-0.4, -0.2) is 155 Å². The van der Waals surface area contributed by atoms with E-state index in [4.69, 9.17) is 83.7 Å². The molecule has 0 bridgehead atoms. The Hall–Kier alpha value is -0.510. The van der Waals surface area contributed by atoms with Crippen molar-refractivity contribution in [2.75, 3.05) is 61.5 Å². The average molecular weight is 2230 g/mol. The fraction of sp³-hybridized carbons (Fsp3) is 0.593. The zero-order chi connectivity index (χ0) is 93.3. The number of hydrogen-bond acceptors (Lipinski definition) is 21. The molecule has 4 aliphatic carbocycles. The van der Waals surface area contributed by atoms with Gasteiger partial charge in [0.25, 0.3) is 5.91 Å². The van der Waals surface area contributed by atoms with Crippen molar-refractivity contribution in [2.45, 2.75) is 271 Å². The Kier molecular flexibility index (Phi) is 45.6. The number of nitrogens with one attached hydrogen (secondary N) is 2. The normalized spacial score (nSPS) is 19.0. The number of hydrogen-bond donors (Lipinski definition) is 7. The molecule has 4 aliphatic heterocycles. The molecule has 16 atom stereocenters. The first-order valence-electron chi connectivity index (χ1n) is 44.1. The molecule has 16 unspecified atom stereocenters. The first-order chi connectivity index (χ1) is 61.3. The number of amides is 3. The summed E-state index contributed by atoms with van der Waals surface area (Å²) in [7, 11) is 29.9. The molecular formula is C81H140Cl2N21O8P19S. The average Bonchev–Trinajstić information content (AvgIpc) is 1.63. The maximum atomic E-state index is 13.7. The van der Waals surface area contributed by atoms with Crippen LogP contribution in [0.25, 0.3) is 22.6 Å². The number of carbonyl (C=O) groups is 3. The number of piperidine rings is 4. The lowest BCUT2D eigenvalue weighted by Gasteiger charge is -2.44. The second-order valence-electron chi connectivity index (χ2n) is 35.4. The number of nitrogen functional groups attached to an aromatic ring is 3. The molecule has 29 nitrogen and oxygen atoms in total. The lowest BCUT2D eigenvalue weighted by atomic mass is 9.96. The summed E-state index contributed by atoms with van der Waals surface area (Å²) in [4.78, 5) is 63.8. The molecule has 8 aliphatic rings. The number of ether oxygens (including phenoxy) is 2. The van der Waals surface area contributed by atoms with Gasteiger partial charge in [0.15, 0.2) is 22.6 Å². The van der Waals surface area contributed by atoms with E-state index < -0.39 is 21.2 Å². The first-order valence-corrected chi connectivity index (χ1v) is 80.2. The van der Waals surface area contributed by atoms with E-state index in [9.17, 15) is 22.8 Å². The predicted molar refractivity (Wildman–Crippen MR) is 606 cm³/mol. The number of fused-ring (bicyclic) bond motifs is 8. The van der Waals surface area contributed by atoms with Crippen molar-refractivity contribution in [3.8, 4) is 0 Å². The molecule has 12 heterocycles. The largest absolute Gasteiger partial charge is 0.444 e. The van der Waals surface area contributed by atoms with E-state index >= 15 is 0 Å². The highest BCUT2D eigenvalue weighted by Gasteiger charge is 2.42. The summed E-state index contributed by atoms with van der Waals surface area (Å²) < 4.78 is 44.6. The molecule has 8 aromatic heterocycles. The van der Waals surface area contributed by atoms with Crippen molar-refractivity contribution >= 4 is 251 Å². The fourth-order valence-electron chi connectivity index (χ4n) is 17.7. The lowest BCUT2D eigenvalue weighted by molar-refractivity contribution is 0.00800. The Morgan fingerprint density at radius 3 is 1.21 bits per heavy atom. The predicted octanol–water partition coefficient (Wildman–Crippen LogP) is 25.2. The molecular weight excluding hydrogens is 2090 g/mol. The summed E-state index contributed by atoms with van der Waals surface area (Å²) in [5.74, 6) is 1.92. The molecule has 0 radical (unpaired) electrons. The van der Waals surface area contributed by atoms with Crippen molar-refractivity contribution in [3.05, 3.63) is 127 Å². The molecule has 3 amide bonds. The van der Waals surface area contributed by atoms with E-state index in [0.717, 1.165) is 267 Å². The molecule has 0 saturated carbocycles. The lowest BCUT2D eigenvalue weighted by Crippen LogP contribution is -2.42. The summed E-state index contributed by atoms with van der Waals surface area (Å²) in [6, 6.07) is 13.1. The van der Waals surface area contributed by atoms with Gasteiger partial charge in [-0.25, -0.2) is 42.5 Å². The van der Waals surface area contributed by atoms with Crippen LogP contribution >= 0.6 is 177 Å². The van der Waals surface area contributed by atoms with Crippen LogP contribution in [0.5, 0.6) is 0 Å². The molecule has 732 valence electrons. The number of halogens is 2. The maximum Gasteiger partial charge on any atom is 0.410 e. The Morgan fingerprint density at radius 1 is 0.500 bits per heavy atom. The molecule has 132 heavy (non-hydrogen) atoms. The second-order valence-corrected chi connectivity index (χ2v) is 110. The van der Waals surface area contributed by atoms with E-state index in [2.05, 4.69) is 105 Å². The van der Waals surface area contributed by atoms with Crippen molar-refractivity contribution in [1.82, 2.24) is 84.6 Å². The molecule has 51 heteroatoms. The highest BCUT2D eigenvalue weighted by molar-refractivity contribution is 9.34. The van der Waals surface area contributed by atoms with Crippen LogP contribution < -0.4 is 33.4 Å². The molecule has 0 spiro atoms. The van der Waals surface area contributed by atoms with Gasteiger partial charge in [0.1, 0.15) is 33.8 Å². The molecule has 17 rings (SSSR count). The topological polar surface area (TPSA) is 392 Å². The van der Waals surface area contributed by atoms with E-state index in [0.29, 0.717) is 53.7 Å². The van der Waals surface area contributed by atoms with Gasteiger partial charge in [-0.2, -0.15) is 33.9 Å². The Balaban J connectivity index is 0.000000186. The number of nitrogens with zero attached hydrogens (tertiary/aromatic N) is 15. The summed E-state index contributed by atoms with van der Waals surface area (Å²) in [6.45, 7) is 17.1. The van der Waals surface area contributed by atoms with Gasteiger partial charge < -0.3 is 48.1 Å². The van der Waals surface area contributed by atoms with Crippen molar-refractivity contribution < 1.29 is 37.4 Å². The minimum absolute atomic E-state index is 0. The number of nitrogens with two attached hydrogens (primary N) is 3. The SMILES string of the molecule is C.CC(C)(C)OC(=O)N1CCCCC1c1cc2nc3c(c(Cl)n2n1)CCCC3.CC(C)(C)OC(=O)N1CCCCC1c1cc2nc3c(c(N)n2n1)CCCC3.CO.Cc1ccc(NS(C)(=O)=O)c(C(=O)N2CCCCC2c2cc3nc4c(c(N)n3n2)CCCC4)c1.Cl.N.Nc1c2c(nc3cc(C4CCCCN4)nn13)CCCC2.PPP(P)P(P(P(P)P)P(P)P)P(P(P)P)P(P)P. The summed E-state index contributed by atoms with van der Waals surface area (Å²) in [5.41, 5.74) is 35.4. The van der Waals surface area contributed by atoms with Crippen LogP contribution in [0, 0.1) is 6.92 Å². The number of aromatic nitrogens is 12. The number of benzene rings is 1. The van der Waals surface area contributed by atoms with Crippen LogP contribution in [-0.2, 0) is 70.9 Å². The minimum Gasteiger partial charge on any atom is -0.444 e. The number of aryl methyl sites for hydroxylation is 5. The number of sulfonamides is 1. The summed E-state index contributed by atoms with van der Waals surface area (Å²) >= 11 is 6.65. The van der Waals surface area contributed by atoms with Gasteiger partial charge in [-0.15, -0.1) is 102 Å². The summed E-state index contributed by atoms with van der Waals surface area (Å²) in [6.07, 6.45) is 29.8. The Labute approximate surface area is 825 Å². The van der Waals surface area contributed by atoms with E-state index in [1.807, 2.05) is 85.9 Å². The van der Waals surface area contributed by atoms with Gasteiger partial charge in [0.2, 0.25) is 10.0 Å². The number of carbonyl (C=O) groups excluding carboxylic acids is 3. The fourth-order valence-corrected chi connectivity index (χ4v) is 237. The first kappa shape index (κ1) is 115. The van der Waals surface area contributed by atoms with Crippen LogP contribution in [0.1, 0.15) is 285 Å². The number of aliphatic hydroxyl groups is 1. The van der Waals surface area contributed by atoms with Crippen LogP contribution in [0.4, 0.5) is 32.7 Å². The highest BCUT2D eigenvalue weighted by Crippen LogP contribution is 3.28. The molecule has 1 aromatic carbocycles. The maximum absolute atomic E-state index is 13.7. The Morgan fingerprint density at radius 2 is 0.841 bits per heavy atom. The molecule has 4 fully saturated rings. The minimum atomic E-state index is -3.53. The van der Waals surface area contributed by atoms with Crippen molar-refractivity contribution in [1.29, 1.82) is 0 Å². The number of rotatable bonds is 15. The van der Waals surface area contributed by atoms with Gasteiger partial charge in [0.05, 0.1) is 64.4 Å². The van der Waals surface area contributed by atoms with Crippen molar-refractivity contribution in [2.24, 2.45) is 0 Å². The number of anilines is 4. The molecule has 4 saturated heterocycles. The quantitative estimate of drug-likeness (QED) is 0.0370. The zero-order valence-corrected chi connectivity index (χ0v) is 98.6. The van der Waals surface area contributed by atoms with Crippen LogP contribution in [0.15, 0.2) is 42.5 Å². The van der Waals surface area contributed by atoms with E-state index in [1.54, 1.807) is 31.7 Å². The third-order valence-corrected chi connectivity index (χ3v) is 142. The van der Waals surface area contributed by atoms with Gasteiger partial charge >= 0.3 is 12.2 Å². The number of likely N-dealkylation sites (tertiary alicyclic amines) is 3. The van der Waals surface area contributed by atoms with E-state index in [1.165, 1.54) is 36.9 Å². The Bertz CT molecular complexity index is 5360. The smallest absolute Gasteiger partial charge is 0.410 e. The highest BCUT2D eigenvalue weighted by atomic mass is 35.5. The third kappa shape index (κ3) is 29.2. The number of aliphatic hydroxyl groups excluding tert-OH is 1. The van der Waals surface area contributed by atoms with Crippen LogP contribution in [0.2, 0.25) is 5.15 Å². The standard InChI is InChI=1S/C24H30N6O3S.C20H27ClN4O2.C20H29N5O2.C15H21N5.CH4O.CH4.ClH.H3N.H21P19/c1-15-10-11-19(28-34(2,32)33)17(13-15)24(31)29-12-6-5-9-21(29)20-14-22-26-18-8-4-3-7-16(18)23(25)30(22)27-20;2*1-20(2,3)27-19(26)24-11-7-6-10-16(24)15-12-17-22-14-9-5-4-8-13(14)18(21)25(17)23-15;16-15-10-5-1-2-6-11(10)18-14-9-13(19-20(14)15)12-7-3-4-8-17-12;1-2;;;;1-11-16(10)19(17(12(2)3)13(4)5)18(14(6)7)15(8)9/h10-11,13-14,21,28H,3-9,12,25H2,1-2H3;12,16H,4-11H2,1-3H3;12,16H,4-11,21H2,1-3H3;9,12,17H,1-8,16H2;2H,1H3;1H4;1H;1H3;11H,1-10H2. The second kappa shape index (κ2) is 52.3. The van der Waals surface area contributed by atoms with Gasteiger partial charge in [0, 0.05) is 96.0 Å². The third-order valence-electron chi connectivity index (χ3n) is 23.5.